The molecule has 0 spiro atoms. The Bertz CT molecular complexity index is 510. The Morgan fingerprint density at radius 2 is 1.79 bits per heavy atom. The molecule has 1 N–H and O–H groups in total. The Morgan fingerprint density at radius 3 is 2.26 bits per heavy atom. The molecule has 0 saturated heterocycles. The van der Waals surface area contributed by atoms with Crippen LogP contribution in [0.1, 0.15) is 19.4 Å². The van der Waals surface area contributed by atoms with Crippen molar-refractivity contribution in [1.82, 2.24) is 9.62 Å². The fourth-order valence-corrected chi connectivity index (χ4v) is 3.52. The number of likely N-dealkylation sites (N-methyl/N-ethyl adjacent to an activating group) is 1. The van der Waals surface area contributed by atoms with E-state index in [1.54, 1.807) is 12.1 Å². The number of hydrogen-bond acceptors (Lipinski definition) is 3. The predicted octanol–water partition coefficient (Wildman–Crippen LogP) is 1.86. The van der Waals surface area contributed by atoms with Crippen LogP contribution < -0.4 is 4.72 Å². The van der Waals surface area contributed by atoms with Gasteiger partial charge in [0.05, 0.1) is 4.90 Å². The summed E-state index contributed by atoms with van der Waals surface area (Å²) in [5, 5.41) is 0. The second-order valence-corrected chi connectivity index (χ2v) is 7.18. The van der Waals surface area contributed by atoms with Gasteiger partial charge in [0, 0.05) is 12.6 Å². The second-order valence-electron chi connectivity index (χ2n) is 5.50. The molecule has 0 aromatic heterocycles. The smallest absolute Gasteiger partial charge is 0.241 e. The van der Waals surface area contributed by atoms with Gasteiger partial charge < -0.3 is 4.90 Å². The van der Waals surface area contributed by atoms with E-state index in [4.69, 9.17) is 0 Å². The molecule has 0 radical (unpaired) electrons. The molecule has 1 aromatic carbocycles. The number of hydrogen-bond donors (Lipinski definition) is 1. The molecular weight excluding hydrogens is 260 g/mol. The van der Waals surface area contributed by atoms with Crippen molar-refractivity contribution >= 4 is 10.0 Å². The number of aryl methyl sites for hydroxylation is 1. The molecule has 5 heteroatoms. The summed E-state index contributed by atoms with van der Waals surface area (Å²) in [6.45, 7) is 6.54. The Kier molecular flexibility index (Phi) is 5.52. The van der Waals surface area contributed by atoms with E-state index in [9.17, 15) is 8.42 Å². The van der Waals surface area contributed by atoms with Crippen LogP contribution in [0.25, 0.3) is 0 Å². The molecule has 1 aromatic rings. The van der Waals surface area contributed by atoms with Gasteiger partial charge in [-0.25, -0.2) is 13.1 Å². The third kappa shape index (κ3) is 4.60. The number of sulfonamides is 1. The van der Waals surface area contributed by atoms with E-state index in [0.29, 0.717) is 11.4 Å². The number of rotatable bonds is 6. The average Bonchev–Trinajstić information content (AvgIpc) is 2.27. The van der Waals surface area contributed by atoms with Crippen LogP contribution in [-0.2, 0) is 10.0 Å². The largest absolute Gasteiger partial charge is 0.308 e. The molecule has 0 aliphatic rings. The van der Waals surface area contributed by atoms with E-state index in [0.717, 1.165) is 5.56 Å². The van der Waals surface area contributed by atoms with Gasteiger partial charge in [-0.3, -0.25) is 0 Å². The van der Waals surface area contributed by atoms with Gasteiger partial charge in [-0.15, -0.1) is 0 Å². The standard InChI is InChI=1S/C14H24N2O2S/c1-11(2)13(10-16(4)5)15-19(17,18)14-9-7-6-8-12(14)3/h6-9,11,13,15H,10H2,1-5H3. The van der Waals surface area contributed by atoms with E-state index in [1.807, 2.05) is 51.9 Å². The highest BCUT2D eigenvalue weighted by Gasteiger charge is 2.23. The van der Waals surface area contributed by atoms with E-state index in [1.165, 1.54) is 0 Å². The molecule has 0 aliphatic carbocycles. The molecule has 4 nitrogen and oxygen atoms in total. The van der Waals surface area contributed by atoms with Gasteiger partial charge >= 0.3 is 0 Å². The SMILES string of the molecule is Cc1ccccc1S(=O)(=O)NC(CN(C)C)C(C)C. The number of nitrogens with one attached hydrogen (secondary N) is 1. The third-order valence-electron chi connectivity index (χ3n) is 3.06. The highest BCUT2D eigenvalue weighted by Crippen LogP contribution is 2.16. The van der Waals surface area contributed by atoms with Gasteiger partial charge in [-0.1, -0.05) is 32.0 Å². The zero-order valence-electron chi connectivity index (χ0n) is 12.3. The monoisotopic (exact) mass is 284 g/mol. The van der Waals surface area contributed by atoms with Gasteiger partial charge in [-0.05, 0) is 38.6 Å². The molecule has 0 saturated carbocycles. The first-order valence-corrected chi connectivity index (χ1v) is 7.95. The van der Waals surface area contributed by atoms with Gasteiger partial charge in [0.15, 0.2) is 0 Å². The van der Waals surface area contributed by atoms with Crippen molar-refractivity contribution in [2.45, 2.75) is 31.7 Å². The van der Waals surface area contributed by atoms with Crippen LogP contribution >= 0.6 is 0 Å². The first-order chi connectivity index (χ1) is 8.74. The van der Waals surface area contributed by atoms with Crippen molar-refractivity contribution in [3.8, 4) is 0 Å². The first-order valence-electron chi connectivity index (χ1n) is 6.46. The molecule has 1 rings (SSSR count). The molecule has 0 aliphatic heterocycles. The molecule has 108 valence electrons. The first kappa shape index (κ1) is 16.1. The average molecular weight is 284 g/mol. The lowest BCUT2D eigenvalue weighted by atomic mass is 10.1. The Labute approximate surface area is 116 Å². The normalized spacial score (nSPS) is 14.1. The minimum Gasteiger partial charge on any atom is -0.308 e. The summed E-state index contributed by atoms with van der Waals surface area (Å²) in [5.74, 6) is 0.237. The van der Waals surface area contributed by atoms with E-state index in [2.05, 4.69) is 4.72 Å². The van der Waals surface area contributed by atoms with E-state index < -0.39 is 10.0 Å². The molecule has 1 atom stereocenters. The van der Waals surface area contributed by atoms with Crippen LogP contribution in [0.5, 0.6) is 0 Å². The highest BCUT2D eigenvalue weighted by atomic mass is 32.2. The maximum atomic E-state index is 12.4. The van der Waals surface area contributed by atoms with Crippen molar-refractivity contribution in [3.05, 3.63) is 29.8 Å². The van der Waals surface area contributed by atoms with Crippen LogP contribution in [0.4, 0.5) is 0 Å². The Balaban J connectivity index is 2.98. The quantitative estimate of drug-likeness (QED) is 0.867. The summed E-state index contributed by atoms with van der Waals surface area (Å²) < 4.78 is 27.7. The van der Waals surface area contributed by atoms with Gasteiger partial charge in [0.25, 0.3) is 0 Å². The van der Waals surface area contributed by atoms with E-state index in [-0.39, 0.29) is 12.0 Å². The van der Waals surface area contributed by atoms with Crippen molar-refractivity contribution in [2.75, 3.05) is 20.6 Å². The lowest BCUT2D eigenvalue weighted by Gasteiger charge is -2.25. The van der Waals surface area contributed by atoms with Crippen LogP contribution in [0.15, 0.2) is 29.2 Å². The minimum absolute atomic E-state index is 0.0976. The molecule has 0 bridgehead atoms. The highest BCUT2D eigenvalue weighted by molar-refractivity contribution is 7.89. The fraction of sp³-hybridized carbons (Fsp3) is 0.571. The summed E-state index contributed by atoms with van der Waals surface area (Å²) in [4.78, 5) is 2.35. The van der Waals surface area contributed by atoms with Gasteiger partial charge in [0.1, 0.15) is 0 Å². The zero-order chi connectivity index (χ0) is 14.6. The molecule has 0 amide bonds. The zero-order valence-corrected chi connectivity index (χ0v) is 13.2. The molecular formula is C14H24N2O2S. The van der Waals surface area contributed by atoms with E-state index >= 15 is 0 Å². The van der Waals surface area contributed by atoms with Gasteiger partial charge in [0.2, 0.25) is 10.0 Å². The summed E-state index contributed by atoms with van der Waals surface area (Å²) >= 11 is 0. The lowest BCUT2D eigenvalue weighted by Crippen LogP contribution is -2.45. The van der Waals surface area contributed by atoms with Crippen molar-refractivity contribution < 1.29 is 8.42 Å². The summed E-state index contributed by atoms with van der Waals surface area (Å²) in [5.41, 5.74) is 0.766. The number of benzene rings is 1. The van der Waals surface area contributed by atoms with Crippen LogP contribution in [-0.4, -0.2) is 40.0 Å². The molecule has 19 heavy (non-hydrogen) atoms. The van der Waals surface area contributed by atoms with Crippen molar-refractivity contribution in [2.24, 2.45) is 5.92 Å². The van der Waals surface area contributed by atoms with Crippen LogP contribution in [0, 0.1) is 12.8 Å². The molecule has 0 heterocycles. The summed E-state index contributed by atoms with van der Waals surface area (Å²) in [6, 6.07) is 6.95. The Morgan fingerprint density at radius 1 is 1.21 bits per heavy atom. The van der Waals surface area contributed by atoms with Crippen molar-refractivity contribution in [1.29, 1.82) is 0 Å². The molecule has 0 fully saturated rings. The summed E-state index contributed by atoms with van der Waals surface area (Å²) in [6.07, 6.45) is 0. The fourth-order valence-electron chi connectivity index (χ4n) is 1.90. The topological polar surface area (TPSA) is 49.4 Å². The second kappa shape index (κ2) is 6.50. The number of nitrogens with zero attached hydrogens (tertiary/aromatic N) is 1. The summed E-state index contributed by atoms with van der Waals surface area (Å²) in [7, 11) is 0.426. The predicted molar refractivity (Wildman–Crippen MR) is 78.7 cm³/mol. The Hall–Kier alpha value is -0.910. The minimum atomic E-state index is -3.46. The lowest BCUT2D eigenvalue weighted by molar-refractivity contribution is 0.314. The maximum Gasteiger partial charge on any atom is 0.241 e. The molecule has 1 unspecified atom stereocenters. The van der Waals surface area contributed by atoms with Gasteiger partial charge in [-0.2, -0.15) is 0 Å². The third-order valence-corrected chi connectivity index (χ3v) is 4.71. The van der Waals surface area contributed by atoms with Crippen molar-refractivity contribution in [3.63, 3.8) is 0 Å². The van der Waals surface area contributed by atoms with Crippen LogP contribution in [0.3, 0.4) is 0 Å². The van der Waals surface area contributed by atoms with Crippen LogP contribution in [0.2, 0.25) is 0 Å². The maximum absolute atomic E-state index is 12.4.